The Kier molecular flexibility index (Phi) is 3.13. The van der Waals surface area contributed by atoms with Gasteiger partial charge in [0.2, 0.25) is 12.7 Å². The lowest BCUT2D eigenvalue weighted by Crippen LogP contribution is -2.47. The third-order valence-corrected chi connectivity index (χ3v) is 3.79. The van der Waals surface area contributed by atoms with Gasteiger partial charge in [0.25, 0.3) is 0 Å². The molecular weight excluding hydrogens is 300 g/mol. The fraction of sp³-hybridized carbons (Fsp3) is 0.417. The molecule has 0 bridgehead atoms. The molecule has 0 atom stereocenters. The average Bonchev–Trinajstić information content (AvgIpc) is 2.76. The Morgan fingerprint density at radius 1 is 1.33 bits per heavy atom. The minimum atomic E-state index is 0.0816. The summed E-state index contributed by atoms with van der Waals surface area (Å²) in [7, 11) is 0. The zero-order chi connectivity index (χ0) is 12.5. The van der Waals surface area contributed by atoms with Crippen LogP contribution >= 0.6 is 15.9 Å². The summed E-state index contributed by atoms with van der Waals surface area (Å²) in [6.07, 6.45) is 0. The van der Waals surface area contributed by atoms with E-state index in [1.807, 2.05) is 12.1 Å². The summed E-state index contributed by atoms with van der Waals surface area (Å²) in [5.41, 5.74) is 1.11. The Morgan fingerprint density at radius 2 is 2.11 bits per heavy atom. The predicted octanol–water partition coefficient (Wildman–Crippen LogP) is 1.11. The van der Waals surface area contributed by atoms with Crippen LogP contribution in [0.15, 0.2) is 16.6 Å². The van der Waals surface area contributed by atoms with Crippen molar-refractivity contribution in [2.75, 3.05) is 26.4 Å². The fourth-order valence-electron chi connectivity index (χ4n) is 2.15. The van der Waals surface area contributed by atoms with Gasteiger partial charge in [0.1, 0.15) is 0 Å². The molecule has 1 fully saturated rings. The number of carbonyl (C=O) groups is 1. The van der Waals surface area contributed by atoms with E-state index in [0.29, 0.717) is 13.1 Å². The Bertz CT molecular complexity index is 492. The molecule has 3 rings (SSSR count). The summed E-state index contributed by atoms with van der Waals surface area (Å²) < 4.78 is 11.7. The molecule has 0 spiro atoms. The zero-order valence-electron chi connectivity index (χ0n) is 9.74. The number of nitrogens with one attached hydrogen (secondary N) is 1. The van der Waals surface area contributed by atoms with Crippen molar-refractivity contribution in [2.24, 2.45) is 0 Å². The maximum absolute atomic E-state index is 11.3. The maximum atomic E-state index is 11.3. The van der Waals surface area contributed by atoms with Crippen molar-refractivity contribution >= 4 is 21.8 Å². The highest BCUT2D eigenvalue weighted by molar-refractivity contribution is 9.10. The molecule has 6 heteroatoms. The molecule has 1 aromatic carbocycles. The first kappa shape index (κ1) is 11.8. The van der Waals surface area contributed by atoms with E-state index in [1.165, 1.54) is 0 Å². The van der Waals surface area contributed by atoms with Crippen molar-refractivity contribution in [3.8, 4) is 11.5 Å². The summed E-state index contributed by atoms with van der Waals surface area (Å²) in [6, 6.07) is 3.89. The molecule has 0 radical (unpaired) electrons. The number of carbonyl (C=O) groups excluding carboxylic acids is 1. The molecule has 1 aromatic rings. The number of nitrogens with zero attached hydrogens (tertiary/aromatic N) is 1. The van der Waals surface area contributed by atoms with Gasteiger partial charge in [-0.15, -0.1) is 0 Å². The Balaban J connectivity index is 1.78. The molecule has 96 valence electrons. The molecule has 0 aromatic heterocycles. The Labute approximate surface area is 113 Å². The normalized spacial score (nSPS) is 18.8. The first-order chi connectivity index (χ1) is 8.72. The van der Waals surface area contributed by atoms with Crippen molar-refractivity contribution < 1.29 is 14.3 Å². The number of rotatable bonds is 2. The van der Waals surface area contributed by atoms with Crippen LogP contribution in [0, 0.1) is 0 Å². The van der Waals surface area contributed by atoms with E-state index in [2.05, 4.69) is 26.1 Å². The SMILES string of the molecule is O=C1CN(Cc2cc3c(cc2Br)OCO3)CCN1. The van der Waals surface area contributed by atoms with Crippen LogP contribution in [0.4, 0.5) is 0 Å². The van der Waals surface area contributed by atoms with Gasteiger partial charge < -0.3 is 14.8 Å². The lowest BCUT2D eigenvalue weighted by atomic mass is 10.1. The number of benzene rings is 1. The standard InChI is InChI=1S/C12H13BrN2O3/c13-9-4-11-10(17-7-18-11)3-8(9)5-15-2-1-14-12(16)6-15/h3-4H,1-2,5-7H2,(H,14,16). The zero-order valence-corrected chi connectivity index (χ0v) is 11.3. The van der Waals surface area contributed by atoms with Crippen molar-refractivity contribution in [1.82, 2.24) is 10.2 Å². The van der Waals surface area contributed by atoms with Gasteiger partial charge in [-0.25, -0.2) is 0 Å². The van der Waals surface area contributed by atoms with E-state index in [-0.39, 0.29) is 12.7 Å². The van der Waals surface area contributed by atoms with Gasteiger partial charge >= 0.3 is 0 Å². The van der Waals surface area contributed by atoms with Gasteiger partial charge in [-0.1, -0.05) is 15.9 Å². The molecule has 0 saturated carbocycles. The van der Waals surface area contributed by atoms with Crippen LogP contribution in [0.3, 0.4) is 0 Å². The van der Waals surface area contributed by atoms with Crippen LogP contribution in [0.2, 0.25) is 0 Å². The van der Waals surface area contributed by atoms with E-state index in [4.69, 9.17) is 9.47 Å². The molecule has 2 aliphatic heterocycles. The summed E-state index contributed by atoms with van der Waals surface area (Å²) >= 11 is 3.53. The maximum Gasteiger partial charge on any atom is 0.234 e. The molecule has 1 amide bonds. The smallest absolute Gasteiger partial charge is 0.234 e. The molecule has 5 nitrogen and oxygen atoms in total. The molecule has 1 saturated heterocycles. The van der Waals surface area contributed by atoms with Crippen LogP contribution in [0.5, 0.6) is 11.5 Å². The molecule has 1 N–H and O–H groups in total. The van der Waals surface area contributed by atoms with Crippen molar-refractivity contribution in [1.29, 1.82) is 0 Å². The van der Waals surface area contributed by atoms with Gasteiger partial charge in [0, 0.05) is 24.1 Å². The number of fused-ring (bicyclic) bond motifs is 1. The van der Waals surface area contributed by atoms with Gasteiger partial charge in [0.15, 0.2) is 11.5 Å². The number of halogens is 1. The highest BCUT2D eigenvalue weighted by Crippen LogP contribution is 2.37. The van der Waals surface area contributed by atoms with Crippen LogP contribution in [0.25, 0.3) is 0 Å². The summed E-state index contributed by atoms with van der Waals surface area (Å²) in [5.74, 6) is 1.62. The van der Waals surface area contributed by atoms with Gasteiger partial charge in [-0.05, 0) is 17.7 Å². The van der Waals surface area contributed by atoms with Gasteiger partial charge in [-0.2, -0.15) is 0 Å². The second-order valence-electron chi connectivity index (χ2n) is 4.36. The van der Waals surface area contributed by atoms with Gasteiger partial charge in [-0.3, -0.25) is 9.69 Å². The van der Waals surface area contributed by atoms with Crippen molar-refractivity contribution in [3.63, 3.8) is 0 Å². The minimum Gasteiger partial charge on any atom is -0.454 e. The van der Waals surface area contributed by atoms with Crippen molar-refractivity contribution in [3.05, 3.63) is 22.2 Å². The monoisotopic (exact) mass is 312 g/mol. The third-order valence-electron chi connectivity index (χ3n) is 3.05. The van der Waals surface area contributed by atoms with E-state index in [9.17, 15) is 4.79 Å². The molecular formula is C12H13BrN2O3. The number of ether oxygens (including phenoxy) is 2. The first-order valence-corrected chi connectivity index (χ1v) is 6.59. The van der Waals surface area contributed by atoms with E-state index in [0.717, 1.165) is 34.6 Å². The second-order valence-corrected chi connectivity index (χ2v) is 5.21. The molecule has 2 aliphatic rings. The van der Waals surface area contributed by atoms with E-state index in [1.54, 1.807) is 0 Å². The van der Waals surface area contributed by atoms with Crippen LogP contribution < -0.4 is 14.8 Å². The number of hydrogen-bond acceptors (Lipinski definition) is 4. The highest BCUT2D eigenvalue weighted by atomic mass is 79.9. The van der Waals surface area contributed by atoms with Gasteiger partial charge in [0.05, 0.1) is 6.54 Å². The molecule has 0 aliphatic carbocycles. The topological polar surface area (TPSA) is 50.8 Å². The quantitative estimate of drug-likeness (QED) is 0.889. The highest BCUT2D eigenvalue weighted by Gasteiger charge is 2.20. The number of amides is 1. The van der Waals surface area contributed by atoms with Crippen molar-refractivity contribution in [2.45, 2.75) is 6.54 Å². The van der Waals surface area contributed by atoms with Crippen LogP contribution in [-0.4, -0.2) is 37.2 Å². The largest absolute Gasteiger partial charge is 0.454 e. The van der Waals surface area contributed by atoms with E-state index >= 15 is 0 Å². The van der Waals surface area contributed by atoms with Crippen LogP contribution in [0.1, 0.15) is 5.56 Å². The summed E-state index contributed by atoms with van der Waals surface area (Å²) in [5, 5.41) is 2.82. The minimum absolute atomic E-state index is 0.0816. The van der Waals surface area contributed by atoms with Crippen LogP contribution in [-0.2, 0) is 11.3 Å². The lowest BCUT2D eigenvalue weighted by Gasteiger charge is -2.26. The Hall–Kier alpha value is -1.27. The summed E-state index contributed by atoms with van der Waals surface area (Å²) in [4.78, 5) is 13.4. The lowest BCUT2D eigenvalue weighted by molar-refractivity contribution is -0.124. The first-order valence-electron chi connectivity index (χ1n) is 5.79. The molecule has 2 heterocycles. The fourth-order valence-corrected chi connectivity index (χ4v) is 2.60. The Morgan fingerprint density at radius 3 is 2.89 bits per heavy atom. The second kappa shape index (κ2) is 4.78. The third kappa shape index (κ3) is 2.30. The summed E-state index contributed by atoms with van der Waals surface area (Å²) in [6.45, 7) is 3.02. The molecule has 18 heavy (non-hydrogen) atoms. The molecule has 0 unspecified atom stereocenters. The number of piperazine rings is 1. The average molecular weight is 313 g/mol. The number of hydrogen-bond donors (Lipinski definition) is 1. The van der Waals surface area contributed by atoms with E-state index < -0.39 is 0 Å². The predicted molar refractivity (Wildman–Crippen MR) is 68.6 cm³/mol.